The molecule has 0 fully saturated rings. The lowest BCUT2D eigenvalue weighted by molar-refractivity contribution is 0.232. The summed E-state index contributed by atoms with van der Waals surface area (Å²) in [7, 11) is 0.0479. The quantitative estimate of drug-likeness (QED) is 0.784. The van der Waals surface area contributed by atoms with Gasteiger partial charge < -0.3 is 4.74 Å². The van der Waals surface area contributed by atoms with Crippen LogP contribution in [0.3, 0.4) is 0 Å². The van der Waals surface area contributed by atoms with E-state index in [9.17, 15) is 8.42 Å². The van der Waals surface area contributed by atoms with Crippen molar-refractivity contribution >= 4 is 10.0 Å². The van der Waals surface area contributed by atoms with Crippen molar-refractivity contribution in [3.05, 3.63) is 59.2 Å². The third-order valence-electron chi connectivity index (χ3n) is 4.02. The van der Waals surface area contributed by atoms with Crippen LogP contribution in [0.4, 0.5) is 0 Å². The molecule has 0 radical (unpaired) electrons. The average Bonchev–Trinajstić information content (AvgIpc) is 2.57. The van der Waals surface area contributed by atoms with Gasteiger partial charge in [-0.1, -0.05) is 29.8 Å². The summed E-state index contributed by atoms with van der Waals surface area (Å²) in [6.07, 6.45) is 0. The van der Waals surface area contributed by atoms with Crippen LogP contribution in [0.2, 0.25) is 0 Å². The average molecular weight is 362 g/mol. The molecule has 0 amide bonds. The number of ether oxygens (including phenoxy) is 1. The van der Waals surface area contributed by atoms with Gasteiger partial charge in [-0.25, -0.2) is 13.1 Å². The summed E-state index contributed by atoms with van der Waals surface area (Å²) in [5, 5.41) is 0. The van der Waals surface area contributed by atoms with Crippen molar-refractivity contribution in [2.75, 3.05) is 27.2 Å². The van der Waals surface area contributed by atoms with Gasteiger partial charge in [0.2, 0.25) is 10.0 Å². The van der Waals surface area contributed by atoms with Crippen LogP contribution < -0.4 is 9.46 Å². The van der Waals surface area contributed by atoms with E-state index in [0.29, 0.717) is 6.61 Å². The fourth-order valence-electron chi connectivity index (χ4n) is 2.56. The molecule has 0 spiro atoms. The number of aryl methyl sites for hydroxylation is 2. The molecular weight excluding hydrogens is 336 g/mol. The summed E-state index contributed by atoms with van der Waals surface area (Å²) in [5.74, 6) is 0.917. The smallest absolute Gasteiger partial charge is 0.240 e. The lowest BCUT2D eigenvalue weighted by Crippen LogP contribution is -2.24. The van der Waals surface area contributed by atoms with Gasteiger partial charge in [-0.2, -0.15) is 0 Å². The second-order valence-electron chi connectivity index (χ2n) is 6.21. The topological polar surface area (TPSA) is 58.6 Å². The highest BCUT2D eigenvalue weighted by Crippen LogP contribution is 2.18. The van der Waals surface area contributed by atoms with E-state index in [1.807, 2.05) is 38.2 Å². The Morgan fingerprint density at radius 2 is 1.76 bits per heavy atom. The third-order valence-corrected chi connectivity index (χ3v) is 5.45. The predicted octanol–water partition coefficient (Wildman–Crippen LogP) is 2.72. The minimum atomic E-state index is -3.38. The van der Waals surface area contributed by atoms with Crippen molar-refractivity contribution in [2.24, 2.45) is 0 Å². The molecule has 2 aromatic carbocycles. The van der Waals surface area contributed by atoms with E-state index < -0.39 is 10.0 Å². The number of benzene rings is 2. The van der Waals surface area contributed by atoms with E-state index in [4.69, 9.17) is 4.74 Å². The molecule has 0 saturated heterocycles. The van der Waals surface area contributed by atoms with Gasteiger partial charge in [0, 0.05) is 13.1 Å². The molecule has 0 bridgehead atoms. The summed E-state index contributed by atoms with van der Waals surface area (Å²) in [5.41, 5.74) is 3.43. The minimum Gasteiger partial charge on any atom is -0.492 e. The highest BCUT2D eigenvalue weighted by Gasteiger charge is 2.11. The van der Waals surface area contributed by atoms with E-state index >= 15 is 0 Å². The Balaban J connectivity index is 1.85. The normalized spacial score (nSPS) is 11.7. The maximum atomic E-state index is 11.7. The Hall–Kier alpha value is -1.89. The van der Waals surface area contributed by atoms with Gasteiger partial charge in [0.25, 0.3) is 0 Å². The van der Waals surface area contributed by atoms with E-state index in [-0.39, 0.29) is 4.90 Å². The van der Waals surface area contributed by atoms with Crippen LogP contribution in [0.1, 0.15) is 16.7 Å². The monoisotopic (exact) mass is 362 g/mol. The van der Waals surface area contributed by atoms with Gasteiger partial charge in [-0.05, 0) is 57.3 Å². The van der Waals surface area contributed by atoms with Gasteiger partial charge >= 0.3 is 0 Å². The number of hydrogen-bond donors (Lipinski definition) is 1. The highest BCUT2D eigenvalue weighted by atomic mass is 32.2. The molecule has 1 N–H and O–H groups in total. The van der Waals surface area contributed by atoms with Gasteiger partial charge in [-0.15, -0.1) is 0 Å². The Labute approximate surface area is 150 Å². The molecular formula is C19H26N2O3S. The van der Waals surface area contributed by atoms with Gasteiger partial charge in [0.1, 0.15) is 12.4 Å². The zero-order valence-corrected chi connectivity index (χ0v) is 16.1. The predicted molar refractivity (Wildman–Crippen MR) is 100 cm³/mol. The molecule has 0 aliphatic carbocycles. The number of rotatable bonds is 8. The van der Waals surface area contributed by atoms with Crippen LogP contribution in [0.25, 0.3) is 0 Å². The van der Waals surface area contributed by atoms with Crippen LogP contribution in [-0.4, -0.2) is 40.6 Å². The number of nitrogens with zero attached hydrogens (tertiary/aromatic N) is 1. The first kappa shape index (κ1) is 19.4. The van der Waals surface area contributed by atoms with Crippen molar-refractivity contribution in [2.45, 2.75) is 25.3 Å². The van der Waals surface area contributed by atoms with Gasteiger partial charge in [0.15, 0.2) is 0 Å². The largest absolute Gasteiger partial charge is 0.492 e. The number of nitrogens with one attached hydrogen (secondary N) is 1. The zero-order valence-electron chi connectivity index (χ0n) is 15.2. The first-order chi connectivity index (χ1) is 11.8. The first-order valence-corrected chi connectivity index (χ1v) is 9.71. The van der Waals surface area contributed by atoms with Crippen molar-refractivity contribution in [3.8, 4) is 5.75 Å². The Bertz CT molecular complexity index is 802. The minimum absolute atomic E-state index is 0.277. The fraction of sp³-hybridized carbons (Fsp3) is 0.368. The molecule has 6 heteroatoms. The molecule has 0 heterocycles. The maximum absolute atomic E-state index is 11.7. The Kier molecular flexibility index (Phi) is 6.58. The van der Waals surface area contributed by atoms with Crippen LogP contribution >= 0.6 is 0 Å². The SMILES string of the molecule is CNS(=O)(=O)c1ccc(CN(C)CCOc2ccc(C)cc2C)cc1. The lowest BCUT2D eigenvalue weighted by atomic mass is 10.1. The standard InChI is InChI=1S/C19H26N2O3S/c1-15-5-10-19(16(2)13-15)24-12-11-21(4)14-17-6-8-18(9-7-17)25(22,23)20-3/h5-10,13,20H,11-12,14H2,1-4H3. The second-order valence-corrected chi connectivity index (χ2v) is 8.09. The third kappa shape index (κ3) is 5.56. The van der Waals surface area contributed by atoms with Crippen molar-refractivity contribution in [3.63, 3.8) is 0 Å². The van der Waals surface area contributed by atoms with E-state index in [2.05, 4.69) is 22.6 Å². The van der Waals surface area contributed by atoms with E-state index in [1.165, 1.54) is 12.6 Å². The molecule has 5 nitrogen and oxygen atoms in total. The molecule has 0 aliphatic rings. The Morgan fingerprint density at radius 1 is 1.08 bits per heavy atom. The summed E-state index contributed by atoms with van der Waals surface area (Å²) in [6, 6.07) is 13.1. The Morgan fingerprint density at radius 3 is 2.36 bits per heavy atom. The van der Waals surface area contributed by atoms with Crippen LogP contribution in [0.15, 0.2) is 47.4 Å². The number of likely N-dealkylation sites (N-methyl/N-ethyl adjacent to an activating group) is 1. The van der Waals surface area contributed by atoms with Crippen molar-refractivity contribution < 1.29 is 13.2 Å². The molecule has 136 valence electrons. The molecule has 0 unspecified atom stereocenters. The number of hydrogen-bond acceptors (Lipinski definition) is 4. The molecule has 0 saturated carbocycles. The van der Waals surface area contributed by atoms with Crippen molar-refractivity contribution in [1.82, 2.24) is 9.62 Å². The molecule has 2 rings (SSSR count). The molecule has 0 aromatic heterocycles. The zero-order chi connectivity index (χ0) is 18.4. The molecule has 2 aromatic rings. The maximum Gasteiger partial charge on any atom is 0.240 e. The lowest BCUT2D eigenvalue weighted by Gasteiger charge is -2.18. The van der Waals surface area contributed by atoms with Crippen LogP contribution in [0.5, 0.6) is 5.75 Å². The van der Waals surface area contributed by atoms with E-state index in [0.717, 1.165) is 30.0 Å². The molecule has 25 heavy (non-hydrogen) atoms. The van der Waals surface area contributed by atoms with Gasteiger partial charge in [0.05, 0.1) is 4.90 Å². The summed E-state index contributed by atoms with van der Waals surface area (Å²) < 4.78 is 31.6. The van der Waals surface area contributed by atoms with Gasteiger partial charge in [-0.3, -0.25) is 4.90 Å². The summed E-state index contributed by atoms with van der Waals surface area (Å²) in [4.78, 5) is 2.42. The fourth-order valence-corrected chi connectivity index (χ4v) is 3.29. The van der Waals surface area contributed by atoms with Crippen LogP contribution in [-0.2, 0) is 16.6 Å². The number of sulfonamides is 1. The van der Waals surface area contributed by atoms with E-state index in [1.54, 1.807) is 12.1 Å². The molecule has 0 atom stereocenters. The first-order valence-electron chi connectivity index (χ1n) is 8.23. The van der Waals surface area contributed by atoms with Crippen molar-refractivity contribution in [1.29, 1.82) is 0 Å². The second kappa shape index (κ2) is 8.47. The highest BCUT2D eigenvalue weighted by molar-refractivity contribution is 7.89. The summed E-state index contributed by atoms with van der Waals surface area (Å²) in [6.45, 7) is 6.23. The van der Waals surface area contributed by atoms with Crippen LogP contribution in [0, 0.1) is 13.8 Å². The summed E-state index contributed by atoms with van der Waals surface area (Å²) >= 11 is 0. The molecule has 0 aliphatic heterocycles.